The maximum atomic E-state index is 13.3. The number of imide groups is 1. The van der Waals surface area contributed by atoms with E-state index < -0.39 is 0 Å². The molecule has 0 radical (unpaired) electrons. The SMILES string of the molecule is CCCCOCCCN1C(=O)C(Nc2cc(Cl)ccc2C)=C(c2ccc(OC)cc2)C1=O. The smallest absolute Gasteiger partial charge is 0.278 e. The van der Waals surface area contributed by atoms with Crippen molar-refractivity contribution in [2.24, 2.45) is 0 Å². The maximum Gasteiger partial charge on any atom is 0.278 e. The minimum Gasteiger partial charge on any atom is -0.497 e. The summed E-state index contributed by atoms with van der Waals surface area (Å²) < 4.78 is 10.8. The molecule has 3 rings (SSSR count). The zero-order valence-electron chi connectivity index (χ0n) is 18.7. The molecule has 32 heavy (non-hydrogen) atoms. The quantitative estimate of drug-likeness (QED) is 0.378. The number of benzene rings is 2. The first-order valence-electron chi connectivity index (χ1n) is 10.8. The van der Waals surface area contributed by atoms with Gasteiger partial charge < -0.3 is 14.8 Å². The number of ether oxygens (including phenoxy) is 2. The molecule has 0 aromatic heterocycles. The van der Waals surface area contributed by atoms with E-state index in [9.17, 15) is 9.59 Å². The largest absolute Gasteiger partial charge is 0.497 e. The van der Waals surface area contributed by atoms with Crippen molar-refractivity contribution < 1.29 is 19.1 Å². The molecule has 2 amide bonds. The minimum atomic E-state index is -0.353. The number of hydrogen-bond acceptors (Lipinski definition) is 5. The van der Waals surface area contributed by atoms with Gasteiger partial charge in [-0.2, -0.15) is 0 Å². The number of aryl methyl sites for hydroxylation is 1. The molecule has 2 aromatic carbocycles. The molecule has 0 fully saturated rings. The number of nitrogens with zero attached hydrogens (tertiary/aromatic N) is 1. The number of halogens is 1. The van der Waals surface area contributed by atoms with E-state index >= 15 is 0 Å². The second kappa shape index (κ2) is 11.2. The Bertz CT molecular complexity index is 1000. The van der Waals surface area contributed by atoms with Crippen LogP contribution in [0.15, 0.2) is 48.2 Å². The van der Waals surface area contributed by atoms with E-state index in [1.54, 1.807) is 43.5 Å². The summed E-state index contributed by atoms with van der Waals surface area (Å²) in [6.45, 7) is 5.51. The summed E-state index contributed by atoms with van der Waals surface area (Å²) in [5, 5.41) is 3.72. The van der Waals surface area contributed by atoms with Crippen LogP contribution in [-0.2, 0) is 14.3 Å². The molecule has 0 spiro atoms. The summed E-state index contributed by atoms with van der Waals surface area (Å²) >= 11 is 6.16. The van der Waals surface area contributed by atoms with E-state index in [0.717, 1.165) is 18.4 Å². The highest BCUT2D eigenvalue weighted by atomic mass is 35.5. The highest BCUT2D eigenvalue weighted by Crippen LogP contribution is 2.32. The fraction of sp³-hybridized carbons (Fsp3) is 0.360. The van der Waals surface area contributed by atoms with Gasteiger partial charge in [-0.25, -0.2) is 0 Å². The first kappa shape index (κ1) is 23.8. The van der Waals surface area contributed by atoms with Crippen LogP contribution in [0.25, 0.3) is 5.57 Å². The second-order valence-electron chi connectivity index (χ2n) is 7.64. The van der Waals surface area contributed by atoms with Crippen LogP contribution in [0.1, 0.15) is 37.3 Å². The summed E-state index contributed by atoms with van der Waals surface area (Å²) in [6.07, 6.45) is 2.65. The number of anilines is 1. The number of hydrogen-bond donors (Lipinski definition) is 1. The molecule has 1 aliphatic rings. The predicted octanol–water partition coefficient (Wildman–Crippen LogP) is 5.06. The lowest BCUT2D eigenvalue weighted by molar-refractivity contribution is -0.137. The van der Waals surface area contributed by atoms with E-state index in [0.29, 0.717) is 53.8 Å². The van der Waals surface area contributed by atoms with Crippen LogP contribution in [0.4, 0.5) is 5.69 Å². The Morgan fingerprint density at radius 2 is 1.72 bits per heavy atom. The Kier molecular flexibility index (Phi) is 8.31. The van der Waals surface area contributed by atoms with Gasteiger partial charge in [0.25, 0.3) is 11.8 Å². The van der Waals surface area contributed by atoms with Gasteiger partial charge in [-0.3, -0.25) is 14.5 Å². The summed E-state index contributed by atoms with van der Waals surface area (Å²) in [5.41, 5.74) is 2.83. The molecule has 0 saturated heterocycles. The van der Waals surface area contributed by atoms with Gasteiger partial charge in [0, 0.05) is 30.5 Å². The number of methoxy groups -OCH3 is 1. The maximum absolute atomic E-state index is 13.3. The summed E-state index contributed by atoms with van der Waals surface area (Å²) in [6, 6.07) is 12.5. The van der Waals surface area contributed by atoms with Crippen LogP contribution >= 0.6 is 11.6 Å². The molecule has 0 atom stereocenters. The lowest BCUT2D eigenvalue weighted by Gasteiger charge is -2.16. The Morgan fingerprint density at radius 3 is 2.41 bits per heavy atom. The van der Waals surface area contributed by atoms with Crippen LogP contribution in [0.5, 0.6) is 5.75 Å². The average Bonchev–Trinajstić information content (AvgIpc) is 3.02. The number of carbonyl (C=O) groups excluding carboxylic acids is 2. The molecule has 0 aliphatic carbocycles. The van der Waals surface area contributed by atoms with Gasteiger partial charge in [-0.15, -0.1) is 0 Å². The van der Waals surface area contributed by atoms with E-state index in [1.165, 1.54) is 4.90 Å². The number of rotatable bonds is 11. The van der Waals surface area contributed by atoms with Gasteiger partial charge in [0.2, 0.25) is 0 Å². The van der Waals surface area contributed by atoms with Gasteiger partial charge in [-0.05, 0) is 55.2 Å². The number of carbonyl (C=O) groups is 2. The zero-order chi connectivity index (χ0) is 23.1. The Morgan fingerprint density at radius 1 is 1.00 bits per heavy atom. The molecular weight excluding hydrogens is 428 g/mol. The molecule has 1 heterocycles. The molecule has 1 aliphatic heterocycles. The highest BCUT2D eigenvalue weighted by Gasteiger charge is 2.39. The van der Waals surface area contributed by atoms with Gasteiger partial charge in [0.05, 0.1) is 12.7 Å². The molecule has 7 heteroatoms. The van der Waals surface area contributed by atoms with Gasteiger partial charge in [-0.1, -0.05) is 43.1 Å². The Hall–Kier alpha value is -2.83. The second-order valence-corrected chi connectivity index (χ2v) is 8.08. The van der Waals surface area contributed by atoms with Crippen molar-refractivity contribution in [2.45, 2.75) is 33.1 Å². The van der Waals surface area contributed by atoms with Crippen molar-refractivity contribution in [1.29, 1.82) is 0 Å². The van der Waals surface area contributed by atoms with E-state index in [4.69, 9.17) is 21.1 Å². The molecule has 1 N–H and O–H groups in total. The van der Waals surface area contributed by atoms with Crippen molar-refractivity contribution in [3.8, 4) is 5.75 Å². The first-order valence-corrected chi connectivity index (χ1v) is 11.2. The predicted molar refractivity (Wildman–Crippen MR) is 127 cm³/mol. The standard InChI is InChI=1S/C25H29ClN2O4/c1-4-5-14-32-15-6-13-28-24(29)22(18-8-11-20(31-3)12-9-18)23(25(28)30)27-21-16-19(26)10-7-17(21)2/h7-12,16,27H,4-6,13-15H2,1-3H3. The third kappa shape index (κ3) is 5.50. The molecule has 2 aromatic rings. The topological polar surface area (TPSA) is 67.9 Å². The average molecular weight is 457 g/mol. The lowest BCUT2D eigenvalue weighted by atomic mass is 10.0. The van der Waals surface area contributed by atoms with Crippen molar-refractivity contribution >= 4 is 34.7 Å². The van der Waals surface area contributed by atoms with Crippen molar-refractivity contribution in [3.63, 3.8) is 0 Å². The van der Waals surface area contributed by atoms with Crippen molar-refractivity contribution in [3.05, 3.63) is 64.3 Å². The molecule has 0 saturated carbocycles. The molecule has 0 bridgehead atoms. The fourth-order valence-electron chi connectivity index (χ4n) is 3.46. The summed E-state index contributed by atoms with van der Waals surface area (Å²) in [4.78, 5) is 27.9. The molecular formula is C25H29ClN2O4. The summed E-state index contributed by atoms with van der Waals surface area (Å²) in [5.74, 6) is -0.00272. The van der Waals surface area contributed by atoms with Crippen molar-refractivity contribution in [2.75, 3.05) is 32.2 Å². The van der Waals surface area contributed by atoms with Crippen LogP contribution in [-0.4, -0.2) is 43.6 Å². The van der Waals surface area contributed by atoms with Gasteiger partial charge >= 0.3 is 0 Å². The Labute approximate surface area is 194 Å². The van der Waals surface area contributed by atoms with Gasteiger partial charge in [0.15, 0.2) is 0 Å². The third-order valence-corrected chi connectivity index (χ3v) is 5.55. The van der Waals surface area contributed by atoms with Crippen LogP contribution in [0.3, 0.4) is 0 Å². The van der Waals surface area contributed by atoms with Crippen LogP contribution in [0, 0.1) is 6.92 Å². The molecule has 0 unspecified atom stereocenters. The number of amides is 2. The van der Waals surface area contributed by atoms with Crippen LogP contribution in [0.2, 0.25) is 5.02 Å². The van der Waals surface area contributed by atoms with Crippen molar-refractivity contribution in [1.82, 2.24) is 4.90 Å². The van der Waals surface area contributed by atoms with Crippen LogP contribution < -0.4 is 10.1 Å². The fourth-order valence-corrected chi connectivity index (χ4v) is 3.63. The molecule has 170 valence electrons. The first-order chi connectivity index (χ1) is 15.5. The van der Waals surface area contributed by atoms with E-state index in [1.807, 2.05) is 13.0 Å². The lowest BCUT2D eigenvalue weighted by Crippen LogP contribution is -2.34. The normalized spacial score (nSPS) is 13.8. The summed E-state index contributed by atoms with van der Waals surface area (Å²) in [7, 11) is 1.58. The molecule has 6 nitrogen and oxygen atoms in total. The highest BCUT2D eigenvalue weighted by molar-refractivity contribution is 6.36. The number of nitrogens with one attached hydrogen (secondary N) is 1. The minimum absolute atomic E-state index is 0.248. The third-order valence-electron chi connectivity index (χ3n) is 5.32. The Balaban J connectivity index is 1.87. The number of unbranched alkanes of at least 4 members (excludes halogenated alkanes) is 1. The zero-order valence-corrected chi connectivity index (χ0v) is 19.5. The van der Waals surface area contributed by atoms with E-state index in [2.05, 4.69) is 12.2 Å². The van der Waals surface area contributed by atoms with E-state index in [-0.39, 0.29) is 17.5 Å². The monoisotopic (exact) mass is 456 g/mol. The van der Waals surface area contributed by atoms with Gasteiger partial charge in [0.1, 0.15) is 11.4 Å².